The minimum absolute atomic E-state index is 0.0383. The molecule has 0 aliphatic carbocycles. The van der Waals surface area contributed by atoms with Gasteiger partial charge >= 0.3 is 5.97 Å². The predicted molar refractivity (Wildman–Crippen MR) is 74.3 cm³/mol. The molecular formula is C13H16N2O5S. The number of nitrogens with zero attached hydrogens (tertiary/aromatic N) is 2. The standard InChI is InChI=1S/C13H16N2O5S/c1-15(10-5-7-21(18,19)9-10)12(16)8-20-13(17)11-4-2-3-6-14-11/h2-4,6,10H,5,7-9H2,1H3/t10-/m0/s1. The van der Waals surface area contributed by atoms with Gasteiger partial charge in [0.25, 0.3) is 5.91 Å². The van der Waals surface area contributed by atoms with Gasteiger partial charge in [-0.15, -0.1) is 0 Å². The minimum atomic E-state index is -3.06. The second-order valence-electron chi connectivity index (χ2n) is 4.85. The zero-order chi connectivity index (χ0) is 15.5. The maximum Gasteiger partial charge on any atom is 0.357 e. The van der Waals surface area contributed by atoms with Gasteiger partial charge in [-0.2, -0.15) is 0 Å². The lowest BCUT2D eigenvalue weighted by Gasteiger charge is -2.23. The van der Waals surface area contributed by atoms with Crippen LogP contribution < -0.4 is 0 Å². The molecule has 0 unspecified atom stereocenters. The van der Waals surface area contributed by atoms with Crippen LogP contribution in [-0.4, -0.2) is 61.4 Å². The van der Waals surface area contributed by atoms with Gasteiger partial charge in [0.1, 0.15) is 5.69 Å². The van der Waals surface area contributed by atoms with E-state index in [1.165, 1.54) is 24.2 Å². The predicted octanol–water partition coefficient (Wildman–Crippen LogP) is -0.116. The molecule has 1 fully saturated rings. The molecule has 1 aromatic heterocycles. The van der Waals surface area contributed by atoms with Gasteiger partial charge in [0.15, 0.2) is 16.4 Å². The van der Waals surface area contributed by atoms with Gasteiger partial charge < -0.3 is 9.64 Å². The molecular weight excluding hydrogens is 296 g/mol. The van der Waals surface area contributed by atoms with Crippen molar-refractivity contribution in [3.8, 4) is 0 Å². The molecule has 0 spiro atoms. The molecule has 0 bridgehead atoms. The number of hydrogen-bond acceptors (Lipinski definition) is 6. The van der Waals surface area contributed by atoms with E-state index in [-0.39, 0.29) is 23.2 Å². The lowest BCUT2D eigenvalue weighted by atomic mass is 10.2. The number of likely N-dealkylation sites (N-methyl/N-ethyl adjacent to an activating group) is 1. The van der Waals surface area contributed by atoms with E-state index in [0.717, 1.165) is 0 Å². The Balaban J connectivity index is 1.86. The van der Waals surface area contributed by atoms with Crippen molar-refractivity contribution in [3.05, 3.63) is 30.1 Å². The third kappa shape index (κ3) is 4.01. The van der Waals surface area contributed by atoms with Crippen LogP contribution in [0.1, 0.15) is 16.9 Å². The summed E-state index contributed by atoms with van der Waals surface area (Å²) in [4.78, 5) is 28.7. The number of carbonyl (C=O) groups is 2. The summed E-state index contributed by atoms with van der Waals surface area (Å²) in [6.07, 6.45) is 1.87. The van der Waals surface area contributed by atoms with Crippen LogP contribution in [-0.2, 0) is 19.4 Å². The minimum Gasteiger partial charge on any atom is -0.451 e. The summed E-state index contributed by atoms with van der Waals surface area (Å²) in [7, 11) is -1.54. The summed E-state index contributed by atoms with van der Waals surface area (Å²) < 4.78 is 27.7. The molecule has 0 N–H and O–H groups in total. The van der Waals surface area contributed by atoms with Crippen LogP contribution in [0.2, 0.25) is 0 Å². The monoisotopic (exact) mass is 312 g/mol. The Kier molecular flexibility index (Phi) is 4.56. The van der Waals surface area contributed by atoms with Crippen LogP contribution in [0.15, 0.2) is 24.4 Å². The Bertz CT molecular complexity index is 629. The lowest BCUT2D eigenvalue weighted by molar-refractivity contribution is -0.134. The number of hydrogen-bond donors (Lipinski definition) is 0. The topological polar surface area (TPSA) is 93.6 Å². The highest BCUT2D eigenvalue weighted by molar-refractivity contribution is 7.91. The third-order valence-corrected chi connectivity index (χ3v) is 5.10. The van der Waals surface area contributed by atoms with Crippen molar-refractivity contribution in [3.63, 3.8) is 0 Å². The third-order valence-electron chi connectivity index (χ3n) is 3.35. The first-order valence-electron chi connectivity index (χ1n) is 6.43. The van der Waals surface area contributed by atoms with E-state index < -0.39 is 28.3 Å². The number of rotatable bonds is 4. The molecule has 114 valence electrons. The molecule has 2 rings (SSSR count). The summed E-state index contributed by atoms with van der Waals surface area (Å²) in [5, 5.41) is 0. The molecule has 1 saturated heterocycles. The van der Waals surface area contributed by atoms with Crippen molar-refractivity contribution in [2.45, 2.75) is 12.5 Å². The van der Waals surface area contributed by atoms with E-state index in [1.807, 2.05) is 0 Å². The largest absolute Gasteiger partial charge is 0.451 e. The van der Waals surface area contributed by atoms with Gasteiger partial charge in [0.05, 0.1) is 11.5 Å². The van der Waals surface area contributed by atoms with Crippen LogP contribution in [0.4, 0.5) is 0 Å². The molecule has 0 aromatic carbocycles. The smallest absolute Gasteiger partial charge is 0.357 e. The molecule has 1 amide bonds. The quantitative estimate of drug-likeness (QED) is 0.720. The summed E-state index contributed by atoms with van der Waals surface area (Å²) in [5.74, 6) is -1.07. The van der Waals surface area contributed by atoms with Crippen molar-refractivity contribution in [1.82, 2.24) is 9.88 Å². The first kappa shape index (κ1) is 15.4. The lowest BCUT2D eigenvalue weighted by Crippen LogP contribution is -2.40. The van der Waals surface area contributed by atoms with Gasteiger partial charge in [0, 0.05) is 19.3 Å². The fraction of sp³-hybridized carbons (Fsp3) is 0.462. The Labute approximate surface area is 122 Å². The van der Waals surface area contributed by atoms with Gasteiger partial charge in [-0.25, -0.2) is 18.2 Å². The van der Waals surface area contributed by atoms with Gasteiger partial charge in [-0.1, -0.05) is 6.07 Å². The van der Waals surface area contributed by atoms with E-state index in [1.54, 1.807) is 12.1 Å². The number of ether oxygens (including phenoxy) is 1. The highest BCUT2D eigenvalue weighted by Gasteiger charge is 2.32. The molecule has 1 atom stereocenters. The van der Waals surface area contributed by atoms with E-state index in [9.17, 15) is 18.0 Å². The van der Waals surface area contributed by atoms with Crippen LogP contribution in [0, 0.1) is 0 Å². The van der Waals surface area contributed by atoms with Crippen molar-refractivity contribution in [1.29, 1.82) is 0 Å². The average molecular weight is 312 g/mol. The van der Waals surface area contributed by atoms with E-state index >= 15 is 0 Å². The Morgan fingerprint density at radius 3 is 2.76 bits per heavy atom. The first-order chi connectivity index (χ1) is 9.89. The van der Waals surface area contributed by atoms with Crippen molar-refractivity contribution in [2.24, 2.45) is 0 Å². The molecule has 2 heterocycles. The molecule has 21 heavy (non-hydrogen) atoms. The number of sulfone groups is 1. The molecule has 0 saturated carbocycles. The summed E-state index contributed by atoms with van der Waals surface area (Å²) >= 11 is 0. The SMILES string of the molecule is CN(C(=O)COC(=O)c1ccccn1)[C@H]1CCS(=O)(=O)C1. The Hall–Kier alpha value is -1.96. The van der Waals surface area contributed by atoms with Crippen LogP contribution >= 0.6 is 0 Å². The number of aromatic nitrogens is 1. The molecule has 1 aromatic rings. The summed E-state index contributed by atoms with van der Waals surface area (Å²) in [6, 6.07) is 4.44. The second kappa shape index (κ2) is 6.21. The number of amides is 1. The second-order valence-corrected chi connectivity index (χ2v) is 7.08. The number of esters is 1. The van der Waals surface area contributed by atoms with Crippen molar-refractivity contribution in [2.75, 3.05) is 25.2 Å². The molecule has 7 nitrogen and oxygen atoms in total. The Morgan fingerprint density at radius 2 is 2.19 bits per heavy atom. The van der Waals surface area contributed by atoms with E-state index in [0.29, 0.717) is 6.42 Å². The summed E-state index contributed by atoms with van der Waals surface area (Å²) in [5.41, 5.74) is 0.122. The highest BCUT2D eigenvalue weighted by atomic mass is 32.2. The maximum atomic E-state index is 11.9. The van der Waals surface area contributed by atoms with E-state index in [4.69, 9.17) is 4.74 Å². The van der Waals surface area contributed by atoms with Crippen LogP contribution in [0.5, 0.6) is 0 Å². The molecule has 1 aliphatic rings. The number of pyridine rings is 1. The van der Waals surface area contributed by atoms with E-state index in [2.05, 4.69) is 4.98 Å². The molecule has 0 radical (unpaired) electrons. The van der Waals surface area contributed by atoms with Gasteiger partial charge in [-0.3, -0.25) is 4.79 Å². The maximum absolute atomic E-state index is 11.9. The zero-order valence-electron chi connectivity index (χ0n) is 11.6. The fourth-order valence-electron chi connectivity index (χ4n) is 2.07. The van der Waals surface area contributed by atoms with Gasteiger partial charge in [-0.05, 0) is 18.6 Å². The van der Waals surface area contributed by atoms with Crippen LogP contribution in [0.3, 0.4) is 0 Å². The normalized spacial score (nSPS) is 20.0. The zero-order valence-corrected chi connectivity index (χ0v) is 12.4. The molecule has 1 aliphatic heterocycles. The molecule has 8 heteroatoms. The highest BCUT2D eigenvalue weighted by Crippen LogP contribution is 2.16. The van der Waals surface area contributed by atoms with Crippen molar-refractivity contribution < 1.29 is 22.7 Å². The fourth-order valence-corrected chi connectivity index (χ4v) is 3.85. The van der Waals surface area contributed by atoms with Crippen LogP contribution in [0.25, 0.3) is 0 Å². The van der Waals surface area contributed by atoms with Gasteiger partial charge in [0.2, 0.25) is 0 Å². The summed E-state index contributed by atoms with van der Waals surface area (Å²) in [6.45, 7) is -0.428. The first-order valence-corrected chi connectivity index (χ1v) is 8.25. The number of carbonyl (C=O) groups excluding carboxylic acids is 2. The average Bonchev–Trinajstić information content (AvgIpc) is 2.84. The van der Waals surface area contributed by atoms with Crippen molar-refractivity contribution >= 4 is 21.7 Å². The Morgan fingerprint density at radius 1 is 1.43 bits per heavy atom.